The Morgan fingerprint density at radius 3 is 2.12 bits per heavy atom. The van der Waals surface area contributed by atoms with Crippen LogP contribution < -0.4 is 4.74 Å². The van der Waals surface area contributed by atoms with Crippen molar-refractivity contribution in [1.82, 2.24) is 0 Å². The number of nitrogens with zero attached hydrogens (tertiary/aromatic N) is 1. The highest BCUT2D eigenvalue weighted by Gasteiger charge is 2.36. The molecule has 0 radical (unpaired) electrons. The van der Waals surface area contributed by atoms with Crippen LogP contribution in [0.1, 0.15) is 52.7 Å². The van der Waals surface area contributed by atoms with Crippen molar-refractivity contribution in [3.63, 3.8) is 0 Å². The fourth-order valence-electron chi connectivity index (χ4n) is 2.21. The van der Waals surface area contributed by atoms with E-state index >= 15 is 0 Å². The van der Waals surface area contributed by atoms with E-state index in [1.54, 1.807) is 6.07 Å². The number of hydrogen-bond donors (Lipinski definition) is 0. The minimum atomic E-state index is -0.679. The molecule has 4 nitrogen and oxygen atoms in total. The molecule has 2 rings (SSSR count). The molecule has 24 heavy (non-hydrogen) atoms. The van der Waals surface area contributed by atoms with Gasteiger partial charge in [0.1, 0.15) is 5.75 Å². The van der Waals surface area contributed by atoms with Crippen LogP contribution in [0.15, 0.2) is 24.3 Å². The van der Waals surface area contributed by atoms with E-state index in [-0.39, 0.29) is 11.2 Å². The predicted octanol–water partition coefficient (Wildman–Crippen LogP) is 4.33. The summed E-state index contributed by atoms with van der Waals surface area (Å²) in [7, 11) is 0. The second-order valence-electron chi connectivity index (χ2n) is 8.17. The van der Waals surface area contributed by atoms with E-state index in [0.29, 0.717) is 18.8 Å². The normalized spacial score (nSPS) is 16.2. The lowest BCUT2D eigenvalue weighted by Crippen LogP contribution is -2.48. The SMILES string of the molecule is CC(C)(C)OCC1(COC(C)(C)C)C=Cc2cc(C#N)ccc2O1. The molecule has 0 aromatic heterocycles. The van der Waals surface area contributed by atoms with Crippen molar-refractivity contribution < 1.29 is 14.2 Å². The summed E-state index contributed by atoms with van der Waals surface area (Å²) in [6.07, 6.45) is 3.96. The van der Waals surface area contributed by atoms with Crippen LogP contribution in [-0.4, -0.2) is 30.0 Å². The van der Waals surface area contributed by atoms with E-state index in [1.165, 1.54) is 0 Å². The molecule has 0 spiro atoms. The molecule has 0 saturated carbocycles. The zero-order chi connectivity index (χ0) is 18.0. The molecule has 0 atom stereocenters. The largest absolute Gasteiger partial charge is 0.478 e. The van der Waals surface area contributed by atoms with Crippen LogP contribution in [0, 0.1) is 11.3 Å². The molecule has 0 bridgehead atoms. The number of rotatable bonds is 4. The van der Waals surface area contributed by atoms with Gasteiger partial charge in [0.05, 0.1) is 36.0 Å². The smallest absolute Gasteiger partial charge is 0.174 e. The summed E-state index contributed by atoms with van der Waals surface area (Å²) in [6.45, 7) is 12.9. The van der Waals surface area contributed by atoms with Gasteiger partial charge in [0.2, 0.25) is 0 Å². The molecule has 0 fully saturated rings. The Hall–Kier alpha value is -1.83. The van der Waals surface area contributed by atoms with Crippen LogP contribution in [0.3, 0.4) is 0 Å². The van der Waals surface area contributed by atoms with Gasteiger partial charge in [-0.05, 0) is 65.8 Å². The van der Waals surface area contributed by atoms with E-state index in [4.69, 9.17) is 19.5 Å². The molecule has 0 aliphatic carbocycles. The second kappa shape index (κ2) is 6.58. The third-order valence-corrected chi connectivity index (χ3v) is 3.52. The number of benzene rings is 1. The van der Waals surface area contributed by atoms with Gasteiger partial charge in [0.25, 0.3) is 0 Å². The molecule has 1 heterocycles. The maximum absolute atomic E-state index is 9.03. The zero-order valence-electron chi connectivity index (χ0n) is 15.5. The fraction of sp³-hybridized carbons (Fsp3) is 0.550. The van der Waals surface area contributed by atoms with Gasteiger partial charge in [0.15, 0.2) is 5.60 Å². The Balaban J connectivity index is 2.26. The molecular formula is C20H27NO3. The molecule has 0 unspecified atom stereocenters. The molecule has 1 aromatic rings. The first kappa shape index (κ1) is 18.5. The first-order chi connectivity index (χ1) is 11.0. The minimum absolute atomic E-state index is 0.267. The Morgan fingerprint density at radius 1 is 1.04 bits per heavy atom. The third-order valence-electron chi connectivity index (χ3n) is 3.52. The zero-order valence-corrected chi connectivity index (χ0v) is 15.5. The molecule has 0 N–H and O–H groups in total. The molecule has 1 aliphatic heterocycles. The first-order valence-electron chi connectivity index (χ1n) is 8.22. The van der Waals surface area contributed by atoms with E-state index in [2.05, 4.69) is 6.07 Å². The minimum Gasteiger partial charge on any atom is -0.478 e. The fourth-order valence-corrected chi connectivity index (χ4v) is 2.21. The summed E-state index contributed by atoms with van der Waals surface area (Å²) in [5.41, 5.74) is 0.303. The Morgan fingerprint density at radius 2 is 1.62 bits per heavy atom. The van der Waals surface area contributed by atoms with Crippen LogP contribution in [0.25, 0.3) is 6.08 Å². The Kier molecular flexibility index (Phi) is 5.08. The molecule has 4 heteroatoms. The summed E-state index contributed by atoms with van der Waals surface area (Å²) in [4.78, 5) is 0. The average Bonchev–Trinajstić information content (AvgIpc) is 2.49. The highest BCUT2D eigenvalue weighted by atomic mass is 16.6. The standard InChI is InChI=1S/C20H27NO3/c1-18(2,3)22-13-20(14-23-19(4,5)6)10-9-16-11-15(12-21)7-8-17(16)24-20/h7-11H,13-14H2,1-6H3. The van der Waals surface area contributed by atoms with Crippen LogP contribution in [0.5, 0.6) is 5.75 Å². The second-order valence-corrected chi connectivity index (χ2v) is 8.17. The van der Waals surface area contributed by atoms with Crippen molar-refractivity contribution in [1.29, 1.82) is 5.26 Å². The van der Waals surface area contributed by atoms with Crippen molar-refractivity contribution in [2.24, 2.45) is 0 Å². The van der Waals surface area contributed by atoms with Gasteiger partial charge >= 0.3 is 0 Å². The molecular weight excluding hydrogens is 302 g/mol. The molecule has 1 aliphatic rings. The predicted molar refractivity (Wildman–Crippen MR) is 95.0 cm³/mol. The lowest BCUT2D eigenvalue weighted by atomic mass is 9.98. The average molecular weight is 329 g/mol. The van der Waals surface area contributed by atoms with Gasteiger partial charge < -0.3 is 14.2 Å². The molecule has 0 amide bonds. The molecule has 1 aromatic carbocycles. The van der Waals surface area contributed by atoms with E-state index < -0.39 is 5.60 Å². The summed E-state index contributed by atoms with van der Waals surface area (Å²) >= 11 is 0. The molecule has 130 valence electrons. The summed E-state index contributed by atoms with van der Waals surface area (Å²) < 4.78 is 18.2. The van der Waals surface area contributed by atoms with Crippen molar-refractivity contribution in [2.75, 3.05) is 13.2 Å². The number of fused-ring (bicyclic) bond motifs is 1. The van der Waals surface area contributed by atoms with Gasteiger partial charge in [-0.25, -0.2) is 0 Å². The summed E-state index contributed by atoms with van der Waals surface area (Å²) in [6, 6.07) is 7.57. The van der Waals surface area contributed by atoms with Crippen LogP contribution in [-0.2, 0) is 9.47 Å². The highest BCUT2D eigenvalue weighted by Crippen LogP contribution is 2.33. The first-order valence-corrected chi connectivity index (χ1v) is 8.22. The van der Waals surface area contributed by atoms with Gasteiger partial charge in [-0.15, -0.1) is 0 Å². The van der Waals surface area contributed by atoms with Crippen molar-refractivity contribution in [3.05, 3.63) is 35.4 Å². The van der Waals surface area contributed by atoms with Crippen molar-refractivity contribution in [2.45, 2.75) is 58.3 Å². The van der Waals surface area contributed by atoms with E-state index in [0.717, 1.165) is 11.3 Å². The number of ether oxygens (including phenoxy) is 3. The van der Waals surface area contributed by atoms with Gasteiger partial charge in [-0.3, -0.25) is 0 Å². The van der Waals surface area contributed by atoms with Gasteiger partial charge in [0, 0.05) is 5.56 Å². The lowest BCUT2D eigenvalue weighted by Gasteiger charge is -2.38. The summed E-state index contributed by atoms with van der Waals surface area (Å²) in [5.74, 6) is 0.742. The van der Waals surface area contributed by atoms with E-state index in [9.17, 15) is 0 Å². The summed E-state index contributed by atoms with van der Waals surface area (Å²) in [5, 5.41) is 9.03. The number of nitriles is 1. The maximum Gasteiger partial charge on any atom is 0.174 e. The van der Waals surface area contributed by atoms with E-state index in [1.807, 2.05) is 65.8 Å². The topological polar surface area (TPSA) is 51.5 Å². The Bertz CT molecular complexity index is 639. The quantitative estimate of drug-likeness (QED) is 0.825. The van der Waals surface area contributed by atoms with Crippen LogP contribution >= 0.6 is 0 Å². The monoisotopic (exact) mass is 329 g/mol. The lowest BCUT2D eigenvalue weighted by molar-refractivity contribution is -0.120. The molecule has 0 saturated heterocycles. The number of hydrogen-bond acceptors (Lipinski definition) is 4. The Labute approximate surface area is 145 Å². The van der Waals surface area contributed by atoms with Crippen LogP contribution in [0.4, 0.5) is 0 Å². The van der Waals surface area contributed by atoms with Crippen molar-refractivity contribution in [3.8, 4) is 11.8 Å². The van der Waals surface area contributed by atoms with Gasteiger partial charge in [-0.2, -0.15) is 5.26 Å². The maximum atomic E-state index is 9.03. The third kappa shape index (κ3) is 5.09. The highest BCUT2D eigenvalue weighted by molar-refractivity contribution is 5.63. The van der Waals surface area contributed by atoms with Crippen molar-refractivity contribution >= 4 is 6.08 Å². The van der Waals surface area contributed by atoms with Crippen LogP contribution in [0.2, 0.25) is 0 Å². The van der Waals surface area contributed by atoms with Gasteiger partial charge in [-0.1, -0.05) is 6.08 Å².